The van der Waals surface area contributed by atoms with Crippen LogP contribution in [0, 0.1) is 0 Å². The Hall–Kier alpha value is -2.14. The van der Waals surface area contributed by atoms with Crippen molar-refractivity contribution in [2.24, 2.45) is 0 Å². The van der Waals surface area contributed by atoms with Gasteiger partial charge in [-0.1, -0.05) is 19.1 Å². The van der Waals surface area contributed by atoms with E-state index in [4.69, 9.17) is 9.84 Å². The van der Waals surface area contributed by atoms with Crippen LogP contribution in [-0.2, 0) is 13.0 Å². The number of ether oxygens (including phenoxy) is 1. The smallest absolute Gasteiger partial charge is 0.224 e. The molecule has 0 aliphatic heterocycles. The standard InChI is InChI=1S/C15H19N3O2/c1-3-4-13-17-14(16-2)9-15(18-13)20-12-7-5-11(10-19)6-8-12/h5-9,19H,3-4,10H2,1-2H3,(H,16,17,18). The third-order valence-electron chi connectivity index (χ3n) is 2.81. The fraction of sp³-hybridized carbons (Fsp3) is 0.333. The molecule has 2 rings (SSSR count). The van der Waals surface area contributed by atoms with Crippen LogP contribution < -0.4 is 10.1 Å². The molecule has 0 spiro atoms. The monoisotopic (exact) mass is 273 g/mol. The molecule has 1 aromatic carbocycles. The van der Waals surface area contributed by atoms with Crippen LogP contribution in [0.3, 0.4) is 0 Å². The van der Waals surface area contributed by atoms with E-state index in [2.05, 4.69) is 22.2 Å². The maximum absolute atomic E-state index is 9.01. The van der Waals surface area contributed by atoms with Crippen LogP contribution in [0.2, 0.25) is 0 Å². The molecule has 2 aromatic rings. The van der Waals surface area contributed by atoms with E-state index in [-0.39, 0.29) is 6.61 Å². The predicted molar refractivity (Wildman–Crippen MR) is 78.0 cm³/mol. The van der Waals surface area contributed by atoms with E-state index < -0.39 is 0 Å². The lowest BCUT2D eigenvalue weighted by atomic mass is 10.2. The first kappa shape index (κ1) is 14.3. The molecule has 1 aromatic heterocycles. The van der Waals surface area contributed by atoms with Crippen LogP contribution in [0.15, 0.2) is 30.3 Å². The fourth-order valence-corrected chi connectivity index (χ4v) is 1.77. The fourth-order valence-electron chi connectivity index (χ4n) is 1.77. The number of aryl methyl sites for hydroxylation is 1. The SMILES string of the molecule is CCCc1nc(NC)cc(Oc2ccc(CO)cc2)n1. The molecule has 0 fully saturated rings. The van der Waals surface area contributed by atoms with Crippen LogP contribution >= 0.6 is 0 Å². The summed E-state index contributed by atoms with van der Waals surface area (Å²) in [5.74, 6) is 2.71. The van der Waals surface area contributed by atoms with Gasteiger partial charge in [-0.25, -0.2) is 4.98 Å². The third-order valence-corrected chi connectivity index (χ3v) is 2.81. The van der Waals surface area contributed by atoms with Gasteiger partial charge in [0.1, 0.15) is 17.4 Å². The zero-order valence-corrected chi connectivity index (χ0v) is 11.8. The second-order valence-electron chi connectivity index (χ2n) is 4.41. The van der Waals surface area contributed by atoms with Crippen molar-refractivity contribution >= 4 is 5.82 Å². The Morgan fingerprint density at radius 1 is 1.20 bits per heavy atom. The average molecular weight is 273 g/mol. The molecule has 20 heavy (non-hydrogen) atoms. The first-order valence-electron chi connectivity index (χ1n) is 6.68. The molecule has 0 aliphatic rings. The second-order valence-corrected chi connectivity index (χ2v) is 4.41. The van der Waals surface area contributed by atoms with Crippen LogP contribution in [0.1, 0.15) is 24.7 Å². The molecular weight excluding hydrogens is 254 g/mol. The van der Waals surface area contributed by atoms with E-state index in [1.165, 1.54) is 0 Å². The molecule has 5 nitrogen and oxygen atoms in total. The number of hydrogen-bond acceptors (Lipinski definition) is 5. The van der Waals surface area contributed by atoms with Crippen molar-refractivity contribution in [1.29, 1.82) is 0 Å². The molecule has 0 atom stereocenters. The maximum atomic E-state index is 9.01. The Morgan fingerprint density at radius 2 is 1.95 bits per heavy atom. The van der Waals surface area contributed by atoms with Crippen molar-refractivity contribution in [2.75, 3.05) is 12.4 Å². The Labute approximate surface area is 118 Å². The maximum Gasteiger partial charge on any atom is 0.224 e. The third kappa shape index (κ3) is 3.68. The van der Waals surface area contributed by atoms with Gasteiger partial charge in [-0.2, -0.15) is 4.98 Å². The van der Waals surface area contributed by atoms with Gasteiger partial charge >= 0.3 is 0 Å². The molecule has 0 saturated carbocycles. The number of aliphatic hydroxyl groups is 1. The zero-order valence-electron chi connectivity index (χ0n) is 11.8. The molecule has 0 unspecified atom stereocenters. The van der Waals surface area contributed by atoms with Gasteiger partial charge < -0.3 is 15.2 Å². The Bertz CT molecular complexity index is 556. The van der Waals surface area contributed by atoms with E-state index in [1.54, 1.807) is 6.07 Å². The molecule has 0 radical (unpaired) electrons. The summed E-state index contributed by atoms with van der Waals surface area (Å²) in [6.07, 6.45) is 1.80. The molecule has 0 bridgehead atoms. The number of anilines is 1. The van der Waals surface area contributed by atoms with E-state index in [0.29, 0.717) is 11.6 Å². The highest BCUT2D eigenvalue weighted by Gasteiger charge is 2.05. The quantitative estimate of drug-likeness (QED) is 0.847. The summed E-state index contributed by atoms with van der Waals surface area (Å²) in [6.45, 7) is 2.11. The molecule has 1 heterocycles. The van der Waals surface area contributed by atoms with Gasteiger partial charge in [-0.3, -0.25) is 0 Å². The van der Waals surface area contributed by atoms with E-state index >= 15 is 0 Å². The van der Waals surface area contributed by atoms with Gasteiger partial charge in [0, 0.05) is 19.5 Å². The summed E-state index contributed by atoms with van der Waals surface area (Å²) >= 11 is 0. The van der Waals surface area contributed by atoms with Crippen molar-refractivity contribution in [3.63, 3.8) is 0 Å². The highest BCUT2D eigenvalue weighted by Crippen LogP contribution is 2.22. The normalized spacial score (nSPS) is 10.3. The largest absolute Gasteiger partial charge is 0.439 e. The number of hydrogen-bond donors (Lipinski definition) is 2. The Kier molecular flexibility index (Phi) is 4.90. The van der Waals surface area contributed by atoms with Gasteiger partial charge in [-0.05, 0) is 24.1 Å². The predicted octanol–water partition coefficient (Wildman–Crippen LogP) is 2.76. The van der Waals surface area contributed by atoms with Gasteiger partial charge in [0.05, 0.1) is 6.61 Å². The minimum absolute atomic E-state index is 0.0261. The van der Waals surface area contributed by atoms with Gasteiger partial charge in [0.2, 0.25) is 5.88 Å². The lowest BCUT2D eigenvalue weighted by Gasteiger charge is -2.09. The van der Waals surface area contributed by atoms with Crippen LogP contribution in [0.25, 0.3) is 0 Å². The highest BCUT2D eigenvalue weighted by molar-refractivity contribution is 5.39. The van der Waals surface area contributed by atoms with Gasteiger partial charge in [-0.15, -0.1) is 0 Å². The van der Waals surface area contributed by atoms with Crippen LogP contribution in [0.5, 0.6) is 11.6 Å². The van der Waals surface area contributed by atoms with Crippen LogP contribution in [0.4, 0.5) is 5.82 Å². The molecule has 0 aliphatic carbocycles. The molecule has 0 saturated heterocycles. The Morgan fingerprint density at radius 3 is 2.55 bits per heavy atom. The van der Waals surface area contributed by atoms with E-state index in [0.717, 1.165) is 30.0 Å². The number of rotatable bonds is 6. The summed E-state index contributed by atoms with van der Waals surface area (Å²) < 4.78 is 5.73. The summed E-state index contributed by atoms with van der Waals surface area (Å²) in [5, 5.41) is 12.0. The Balaban J connectivity index is 2.20. The molecule has 106 valence electrons. The lowest BCUT2D eigenvalue weighted by Crippen LogP contribution is -2.01. The van der Waals surface area contributed by atoms with E-state index in [1.807, 2.05) is 31.3 Å². The first-order valence-corrected chi connectivity index (χ1v) is 6.68. The minimum Gasteiger partial charge on any atom is -0.439 e. The average Bonchev–Trinajstić information content (AvgIpc) is 2.48. The molecule has 2 N–H and O–H groups in total. The summed E-state index contributed by atoms with van der Waals surface area (Å²) in [7, 11) is 1.82. The first-order chi connectivity index (χ1) is 9.75. The molecular formula is C15H19N3O2. The van der Waals surface area contributed by atoms with Crippen molar-refractivity contribution in [3.8, 4) is 11.6 Å². The zero-order chi connectivity index (χ0) is 14.4. The number of aliphatic hydroxyl groups excluding tert-OH is 1. The van der Waals surface area contributed by atoms with Crippen molar-refractivity contribution in [2.45, 2.75) is 26.4 Å². The topological polar surface area (TPSA) is 67.3 Å². The van der Waals surface area contributed by atoms with E-state index in [9.17, 15) is 0 Å². The number of nitrogens with zero attached hydrogens (tertiary/aromatic N) is 2. The van der Waals surface area contributed by atoms with Gasteiger partial charge in [0.15, 0.2) is 0 Å². The van der Waals surface area contributed by atoms with Crippen molar-refractivity contribution < 1.29 is 9.84 Å². The number of nitrogens with one attached hydrogen (secondary N) is 1. The van der Waals surface area contributed by atoms with Crippen molar-refractivity contribution in [1.82, 2.24) is 9.97 Å². The van der Waals surface area contributed by atoms with Gasteiger partial charge in [0.25, 0.3) is 0 Å². The highest BCUT2D eigenvalue weighted by atomic mass is 16.5. The summed E-state index contributed by atoms with van der Waals surface area (Å²) in [6, 6.07) is 9.03. The number of benzene rings is 1. The molecule has 5 heteroatoms. The lowest BCUT2D eigenvalue weighted by molar-refractivity contribution is 0.281. The van der Waals surface area contributed by atoms with Crippen LogP contribution in [-0.4, -0.2) is 22.1 Å². The molecule has 0 amide bonds. The summed E-state index contributed by atoms with van der Waals surface area (Å²) in [5.41, 5.74) is 0.850. The van der Waals surface area contributed by atoms with Crippen molar-refractivity contribution in [3.05, 3.63) is 41.7 Å². The number of aromatic nitrogens is 2. The minimum atomic E-state index is 0.0261. The summed E-state index contributed by atoms with van der Waals surface area (Å²) in [4.78, 5) is 8.76. The second kappa shape index (κ2) is 6.86.